The lowest BCUT2D eigenvalue weighted by Gasteiger charge is -2.34. The zero-order chi connectivity index (χ0) is 11.7. The Morgan fingerprint density at radius 2 is 0.765 bits per heavy atom. The summed E-state index contributed by atoms with van der Waals surface area (Å²) in [5, 5.41) is 0. The molecule has 0 bridgehead atoms. The van der Waals surface area contributed by atoms with E-state index in [1.54, 1.807) is 0 Å². The molecule has 3 aromatic rings. The largest absolute Gasteiger partial charge is 0.301 e. The Hall–Kier alpha value is -2.20. The van der Waals surface area contributed by atoms with Gasteiger partial charge in [0.25, 0.3) is 5.91 Å². The van der Waals surface area contributed by atoms with Crippen LogP contribution in [0.5, 0.6) is 0 Å². The fraction of sp³-hybridized carbons (Fsp3) is 0.0769. The second-order valence-electron chi connectivity index (χ2n) is 3.96. The van der Waals surface area contributed by atoms with Crippen molar-refractivity contribution in [3.63, 3.8) is 0 Å². The topological polar surface area (TPSA) is 40.8 Å². The minimum atomic E-state index is -0.781. The van der Waals surface area contributed by atoms with Crippen LogP contribution in [0.2, 0.25) is 0 Å². The number of aromatic nitrogens is 3. The van der Waals surface area contributed by atoms with Gasteiger partial charge in [-0.15, -0.1) is 0 Å². The summed E-state index contributed by atoms with van der Waals surface area (Å²) in [5.41, 5.74) is 6.58. The van der Waals surface area contributed by atoms with Crippen LogP contribution in [-0.4, -0.2) is 13.7 Å². The average molecular weight is 226 g/mol. The lowest BCUT2D eigenvalue weighted by atomic mass is 10.5. The molecule has 0 amide bonds. The highest BCUT2D eigenvalue weighted by Gasteiger charge is 2.28. The highest BCUT2D eigenvalue weighted by atomic mass is 15.5. The van der Waals surface area contributed by atoms with Gasteiger partial charge in [-0.05, 0) is 36.4 Å². The molecular formula is C13H14N4. The van der Waals surface area contributed by atoms with Crippen molar-refractivity contribution in [1.29, 1.82) is 0 Å². The Bertz CT molecular complexity index is 477. The molecule has 4 heteroatoms. The van der Waals surface area contributed by atoms with Gasteiger partial charge < -0.3 is 13.7 Å². The Labute approximate surface area is 99.5 Å². The second-order valence-corrected chi connectivity index (χ2v) is 3.96. The maximum Gasteiger partial charge on any atom is 0.261 e. The van der Waals surface area contributed by atoms with Gasteiger partial charge in [-0.1, -0.05) is 0 Å². The molecule has 4 nitrogen and oxygen atoms in total. The van der Waals surface area contributed by atoms with E-state index in [2.05, 4.69) is 0 Å². The standard InChI is InChI=1S/C13H14N4/c14-13(15-7-1-2-8-15,16-9-3-4-10-16)17-11-5-6-12-17/h1-12H,14H2. The van der Waals surface area contributed by atoms with Crippen LogP contribution in [-0.2, 0) is 5.91 Å². The molecule has 0 saturated carbocycles. The first-order valence-electron chi connectivity index (χ1n) is 5.51. The summed E-state index contributed by atoms with van der Waals surface area (Å²) in [7, 11) is 0. The fourth-order valence-corrected chi connectivity index (χ4v) is 2.06. The van der Waals surface area contributed by atoms with Crippen molar-refractivity contribution in [2.75, 3.05) is 0 Å². The number of nitrogens with two attached hydrogens (primary N) is 1. The first-order valence-corrected chi connectivity index (χ1v) is 5.51. The SMILES string of the molecule is NC(n1cccc1)(n1cccc1)n1cccc1. The van der Waals surface area contributed by atoms with Crippen molar-refractivity contribution in [2.24, 2.45) is 5.73 Å². The molecule has 0 spiro atoms. The van der Waals surface area contributed by atoms with E-state index in [4.69, 9.17) is 5.73 Å². The number of hydrogen-bond donors (Lipinski definition) is 1. The molecule has 0 aliphatic heterocycles. The monoisotopic (exact) mass is 226 g/mol. The Morgan fingerprint density at radius 3 is 1.00 bits per heavy atom. The van der Waals surface area contributed by atoms with E-state index < -0.39 is 5.91 Å². The van der Waals surface area contributed by atoms with Crippen molar-refractivity contribution < 1.29 is 0 Å². The van der Waals surface area contributed by atoms with Crippen LogP contribution in [0.4, 0.5) is 0 Å². The summed E-state index contributed by atoms with van der Waals surface area (Å²) >= 11 is 0. The molecule has 86 valence electrons. The third-order valence-corrected chi connectivity index (χ3v) is 2.95. The molecule has 0 aromatic carbocycles. The molecule has 3 heterocycles. The number of hydrogen-bond acceptors (Lipinski definition) is 1. The summed E-state index contributed by atoms with van der Waals surface area (Å²) in [6.45, 7) is 0. The van der Waals surface area contributed by atoms with Crippen LogP contribution in [0, 0.1) is 0 Å². The smallest absolute Gasteiger partial charge is 0.261 e. The molecule has 0 saturated heterocycles. The molecule has 3 rings (SSSR count). The summed E-state index contributed by atoms with van der Waals surface area (Å²) in [5.74, 6) is -0.781. The molecule has 17 heavy (non-hydrogen) atoms. The molecule has 0 unspecified atom stereocenters. The Balaban J connectivity index is 2.21. The molecule has 0 atom stereocenters. The molecule has 0 fully saturated rings. The third-order valence-electron chi connectivity index (χ3n) is 2.95. The van der Waals surface area contributed by atoms with Crippen molar-refractivity contribution in [3.8, 4) is 0 Å². The molecular weight excluding hydrogens is 212 g/mol. The van der Waals surface area contributed by atoms with Crippen molar-refractivity contribution in [1.82, 2.24) is 13.7 Å². The van der Waals surface area contributed by atoms with E-state index in [9.17, 15) is 0 Å². The zero-order valence-electron chi connectivity index (χ0n) is 9.35. The highest BCUT2D eigenvalue weighted by molar-refractivity contribution is 5.06. The first kappa shape index (κ1) is 9.99. The van der Waals surface area contributed by atoms with Gasteiger partial charge in [0.2, 0.25) is 0 Å². The normalized spacial score (nSPS) is 11.8. The van der Waals surface area contributed by atoms with Crippen LogP contribution < -0.4 is 5.73 Å². The van der Waals surface area contributed by atoms with Crippen LogP contribution in [0.15, 0.2) is 73.6 Å². The van der Waals surface area contributed by atoms with Crippen LogP contribution >= 0.6 is 0 Å². The van der Waals surface area contributed by atoms with Gasteiger partial charge in [-0.2, -0.15) is 0 Å². The second kappa shape index (κ2) is 3.68. The fourth-order valence-electron chi connectivity index (χ4n) is 2.06. The summed E-state index contributed by atoms with van der Waals surface area (Å²) in [4.78, 5) is 0. The minimum Gasteiger partial charge on any atom is -0.301 e. The quantitative estimate of drug-likeness (QED) is 0.725. The summed E-state index contributed by atoms with van der Waals surface area (Å²) < 4.78 is 5.90. The van der Waals surface area contributed by atoms with Crippen LogP contribution in [0.25, 0.3) is 0 Å². The van der Waals surface area contributed by atoms with Crippen molar-refractivity contribution in [3.05, 3.63) is 73.6 Å². The average Bonchev–Trinajstić information content (AvgIpc) is 3.10. The zero-order valence-corrected chi connectivity index (χ0v) is 9.35. The maximum absolute atomic E-state index is 6.58. The van der Waals surface area contributed by atoms with Crippen LogP contribution in [0.1, 0.15) is 0 Å². The van der Waals surface area contributed by atoms with E-state index in [0.717, 1.165) is 0 Å². The Morgan fingerprint density at radius 1 is 0.529 bits per heavy atom. The molecule has 0 aliphatic rings. The summed E-state index contributed by atoms with van der Waals surface area (Å²) in [6.07, 6.45) is 11.8. The van der Waals surface area contributed by atoms with Gasteiger partial charge in [0, 0.05) is 37.2 Å². The van der Waals surface area contributed by atoms with Crippen LogP contribution in [0.3, 0.4) is 0 Å². The predicted octanol–water partition coefficient (Wildman–Crippen LogP) is 1.71. The molecule has 0 radical (unpaired) electrons. The highest BCUT2D eigenvalue weighted by Crippen LogP contribution is 2.17. The lowest BCUT2D eigenvalue weighted by molar-refractivity contribution is 0.187. The van der Waals surface area contributed by atoms with E-state index in [0.29, 0.717) is 0 Å². The first-order chi connectivity index (χ1) is 8.32. The molecule has 2 N–H and O–H groups in total. The lowest BCUT2D eigenvalue weighted by Crippen LogP contribution is -2.54. The van der Waals surface area contributed by atoms with Gasteiger partial charge in [-0.25, -0.2) is 0 Å². The molecule has 0 aliphatic carbocycles. The predicted molar refractivity (Wildman–Crippen MR) is 66.3 cm³/mol. The van der Waals surface area contributed by atoms with Gasteiger partial charge >= 0.3 is 0 Å². The number of nitrogens with zero attached hydrogens (tertiary/aromatic N) is 3. The van der Waals surface area contributed by atoms with Crippen molar-refractivity contribution >= 4 is 0 Å². The Kier molecular flexibility index (Phi) is 2.16. The summed E-state index contributed by atoms with van der Waals surface area (Å²) in [6, 6.07) is 11.8. The maximum atomic E-state index is 6.58. The van der Waals surface area contributed by atoms with Gasteiger partial charge in [0.05, 0.1) is 0 Å². The third kappa shape index (κ3) is 1.42. The minimum absolute atomic E-state index is 0.781. The van der Waals surface area contributed by atoms with Crippen molar-refractivity contribution in [2.45, 2.75) is 5.91 Å². The van der Waals surface area contributed by atoms with Gasteiger partial charge in [0.15, 0.2) is 0 Å². The van der Waals surface area contributed by atoms with E-state index in [1.807, 2.05) is 87.3 Å². The van der Waals surface area contributed by atoms with Gasteiger partial charge in [-0.3, -0.25) is 5.73 Å². The number of rotatable bonds is 3. The van der Waals surface area contributed by atoms with E-state index >= 15 is 0 Å². The van der Waals surface area contributed by atoms with Gasteiger partial charge in [0.1, 0.15) is 0 Å². The van der Waals surface area contributed by atoms with E-state index in [-0.39, 0.29) is 0 Å². The molecule has 3 aromatic heterocycles. The van der Waals surface area contributed by atoms with E-state index in [1.165, 1.54) is 0 Å².